The van der Waals surface area contributed by atoms with Crippen molar-refractivity contribution in [3.63, 3.8) is 0 Å². The first-order chi connectivity index (χ1) is 7.25. The Kier molecular flexibility index (Phi) is 1.70. The predicted octanol–water partition coefficient (Wildman–Crippen LogP) is 1.08. The van der Waals surface area contributed by atoms with Gasteiger partial charge >= 0.3 is 6.01 Å². The third-order valence-electron chi connectivity index (χ3n) is 2.71. The van der Waals surface area contributed by atoms with Crippen LogP contribution >= 0.6 is 0 Å². The van der Waals surface area contributed by atoms with Crippen LogP contribution in [0.15, 0.2) is 10.6 Å². The van der Waals surface area contributed by atoms with Crippen molar-refractivity contribution < 1.29 is 4.42 Å². The van der Waals surface area contributed by atoms with E-state index in [9.17, 15) is 0 Å². The van der Waals surface area contributed by atoms with Gasteiger partial charge in [-0.3, -0.25) is 0 Å². The molecule has 15 heavy (non-hydrogen) atoms. The zero-order chi connectivity index (χ0) is 10.4. The van der Waals surface area contributed by atoms with Gasteiger partial charge in [0.2, 0.25) is 0 Å². The summed E-state index contributed by atoms with van der Waals surface area (Å²) < 4.78 is 7.23. The summed E-state index contributed by atoms with van der Waals surface area (Å²) in [5.74, 6) is 0.804. The second-order valence-corrected chi connectivity index (χ2v) is 3.78. The van der Waals surface area contributed by atoms with Gasteiger partial charge in [-0.1, -0.05) is 0 Å². The minimum atomic E-state index is 0.555. The maximum atomic E-state index is 5.46. The molecule has 5 nitrogen and oxygen atoms in total. The molecule has 2 aromatic heterocycles. The lowest BCUT2D eigenvalue weighted by molar-refractivity contribution is 0.480. The van der Waals surface area contributed by atoms with Crippen LogP contribution < -0.4 is 5.32 Å². The average molecular weight is 204 g/mol. The first kappa shape index (κ1) is 8.67. The van der Waals surface area contributed by atoms with E-state index in [-0.39, 0.29) is 0 Å². The fourth-order valence-corrected chi connectivity index (χ4v) is 1.90. The molecule has 0 aromatic carbocycles. The van der Waals surface area contributed by atoms with Gasteiger partial charge < -0.3 is 9.73 Å². The summed E-state index contributed by atoms with van der Waals surface area (Å²) in [6.45, 7) is 5.65. The number of oxazole rings is 1. The summed E-state index contributed by atoms with van der Waals surface area (Å²) in [5, 5.41) is 7.74. The van der Waals surface area contributed by atoms with Crippen molar-refractivity contribution in [2.24, 2.45) is 0 Å². The number of fused-ring (bicyclic) bond motifs is 1. The van der Waals surface area contributed by atoms with Gasteiger partial charge in [0.15, 0.2) is 0 Å². The molecule has 0 unspecified atom stereocenters. The Balaban J connectivity index is 2.13. The van der Waals surface area contributed by atoms with Gasteiger partial charge in [0.1, 0.15) is 5.76 Å². The Morgan fingerprint density at radius 3 is 2.93 bits per heavy atom. The minimum absolute atomic E-state index is 0.555. The van der Waals surface area contributed by atoms with Crippen molar-refractivity contribution in [2.75, 3.05) is 0 Å². The molecular weight excluding hydrogens is 192 g/mol. The summed E-state index contributed by atoms with van der Waals surface area (Å²) in [7, 11) is 0. The van der Waals surface area contributed by atoms with Crippen LogP contribution in [0.5, 0.6) is 0 Å². The zero-order valence-electron chi connectivity index (χ0n) is 8.74. The number of hydrogen-bond donors (Lipinski definition) is 1. The zero-order valence-corrected chi connectivity index (χ0v) is 8.74. The Hall–Kier alpha value is -1.62. The van der Waals surface area contributed by atoms with Crippen molar-refractivity contribution in [1.29, 1.82) is 0 Å². The standard InChI is InChI=1S/C10H12N4O/c1-6-3-12-10(15-6)14-7(2)8-4-11-5-9(8)13-14/h3,11H,4-5H2,1-2H3. The molecule has 0 fully saturated rings. The number of nitrogens with zero attached hydrogens (tertiary/aromatic N) is 3. The van der Waals surface area contributed by atoms with Crippen LogP contribution in [0.2, 0.25) is 0 Å². The van der Waals surface area contributed by atoms with Crippen molar-refractivity contribution in [3.8, 4) is 6.01 Å². The summed E-state index contributed by atoms with van der Waals surface area (Å²) in [6.07, 6.45) is 1.71. The Morgan fingerprint density at radius 1 is 1.40 bits per heavy atom. The first-order valence-corrected chi connectivity index (χ1v) is 4.96. The van der Waals surface area contributed by atoms with Gasteiger partial charge in [-0.15, -0.1) is 0 Å². The topological polar surface area (TPSA) is 55.9 Å². The number of aromatic nitrogens is 3. The fraction of sp³-hybridized carbons (Fsp3) is 0.400. The monoisotopic (exact) mass is 204 g/mol. The molecule has 0 radical (unpaired) electrons. The molecule has 0 aliphatic carbocycles. The number of aryl methyl sites for hydroxylation is 1. The van der Waals surface area contributed by atoms with E-state index in [1.165, 1.54) is 5.56 Å². The highest BCUT2D eigenvalue weighted by molar-refractivity contribution is 5.31. The maximum Gasteiger partial charge on any atom is 0.323 e. The number of rotatable bonds is 1. The second-order valence-electron chi connectivity index (χ2n) is 3.78. The number of hydrogen-bond acceptors (Lipinski definition) is 4. The van der Waals surface area contributed by atoms with Crippen LogP contribution in [-0.2, 0) is 13.1 Å². The molecule has 0 saturated carbocycles. The van der Waals surface area contributed by atoms with E-state index in [1.807, 2.05) is 13.8 Å². The van der Waals surface area contributed by atoms with Gasteiger partial charge in [-0.05, 0) is 13.8 Å². The molecule has 1 aliphatic rings. The van der Waals surface area contributed by atoms with E-state index in [0.717, 1.165) is 30.2 Å². The van der Waals surface area contributed by atoms with E-state index in [2.05, 4.69) is 15.4 Å². The van der Waals surface area contributed by atoms with Crippen molar-refractivity contribution in [1.82, 2.24) is 20.1 Å². The molecule has 78 valence electrons. The van der Waals surface area contributed by atoms with Gasteiger partial charge in [-0.25, -0.2) is 0 Å². The van der Waals surface area contributed by atoms with Crippen LogP contribution in [0.4, 0.5) is 0 Å². The maximum absolute atomic E-state index is 5.46. The Labute approximate surface area is 87.1 Å². The first-order valence-electron chi connectivity index (χ1n) is 4.96. The SMILES string of the molecule is Cc1cnc(-n2nc3c(c2C)CNC3)o1. The largest absolute Gasteiger partial charge is 0.427 e. The van der Waals surface area contributed by atoms with Gasteiger partial charge in [0.05, 0.1) is 17.6 Å². The second kappa shape index (κ2) is 2.93. The molecule has 0 saturated heterocycles. The predicted molar refractivity (Wildman–Crippen MR) is 53.6 cm³/mol. The number of nitrogens with one attached hydrogen (secondary N) is 1. The molecule has 1 N–H and O–H groups in total. The van der Waals surface area contributed by atoms with Crippen LogP contribution in [-0.4, -0.2) is 14.8 Å². The van der Waals surface area contributed by atoms with Crippen molar-refractivity contribution >= 4 is 0 Å². The molecule has 3 rings (SSSR count). The van der Waals surface area contributed by atoms with Crippen LogP contribution in [0.3, 0.4) is 0 Å². The van der Waals surface area contributed by atoms with Crippen molar-refractivity contribution in [3.05, 3.63) is 28.9 Å². The van der Waals surface area contributed by atoms with Crippen LogP contribution in [0.25, 0.3) is 6.01 Å². The van der Waals surface area contributed by atoms with Crippen LogP contribution in [0.1, 0.15) is 22.7 Å². The Morgan fingerprint density at radius 2 is 2.27 bits per heavy atom. The molecule has 2 aromatic rings. The van der Waals surface area contributed by atoms with Gasteiger partial charge in [-0.2, -0.15) is 14.8 Å². The van der Waals surface area contributed by atoms with E-state index >= 15 is 0 Å². The summed E-state index contributed by atoms with van der Waals surface area (Å²) in [5.41, 5.74) is 3.48. The summed E-state index contributed by atoms with van der Waals surface area (Å²) in [4.78, 5) is 4.17. The van der Waals surface area contributed by atoms with Crippen molar-refractivity contribution in [2.45, 2.75) is 26.9 Å². The smallest absolute Gasteiger partial charge is 0.323 e. The van der Waals surface area contributed by atoms with Gasteiger partial charge in [0, 0.05) is 18.7 Å². The lowest BCUT2D eigenvalue weighted by Crippen LogP contribution is -2.07. The van der Waals surface area contributed by atoms with E-state index < -0.39 is 0 Å². The highest BCUT2D eigenvalue weighted by atomic mass is 16.4. The summed E-state index contributed by atoms with van der Waals surface area (Å²) >= 11 is 0. The van der Waals surface area contributed by atoms with Gasteiger partial charge in [0.25, 0.3) is 0 Å². The lowest BCUT2D eigenvalue weighted by Gasteiger charge is -1.99. The highest BCUT2D eigenvalue weighted by Crippen LogP contribution is 2.21. The van der Waals surface area contributed by atoms with Crippen LogP contribution in [0, 0.1) is 13.8 Å². The van der Waals surface area contributed by atoms with E-state index in [0.29, 0.717) is 6.01 Å². The molecule has 1 aliphatic heterocycles. The fourth-order valence-electron chi connectivity index (χ4n) is 1.90. The normalized spacial score (nSPS) is 14.5. The quantitative estimate of drug-likeness (QED) is 0.755. The Bertz CT molecular complexity index is 511. The lowest BCUT2D eigenvalue weighted by atomic mass is 10.2. The molecule has 0 atom stereocenters. The molecule has 0 spiro atoms. The minimum Gasteiger partial charge on any atom is -0.427 e. The third kappa shape index (κ3) is 1.20. The molecule has 0 bridgehead atoms. The highest BCUT2D eigenvalue weighted by Gasteiger charge is 2.21. The molecular formula is C10H12N4O. The van der Waals surface area contributed by atoms with E-state index in [1.54, 1.807) is 10.9 Å². The molecule has 5 heteroatoms. The average Bonchev–Trinajstić information content (AvgIpc) is 2.84. The third-order valence-corrected chi connectivity index (χ3v) is 2.71. The summed E-state index contributed by atoms with van der Waals surface area (Å²) in [6, 6.07) is 0.555. The molecule has 3 heterocycles. The van der Waals surface area contributed by atoms with E-state index in [4.69, 9.17) is 4.42 Å². The molecule has 0 amide bonds.